The van der Waals surface area contributed by atoms with Gasteiger partial charge in [0.1, 0.15) is 0 Å². The molecule has 0 aliphatic heterocycles. The van der Waals surface area contributed by atoms with Crippen molar-refractivity contribution in [3.8, 4) is 0 Å². The Kier molecular flexibility index (Phi) is 3.79. The van der Waals surface area contributed by atoms with Crippen LogP contribution in [0.4, 0.5) is 0 Å². The number of aryl methyl sites for hydroxylation is 1. The fraction of sp³-hybridized carbons (Fsp3) is 0.583. The van der Waals surface area contributed by atoms with Crippen LogP contribution >= 0.6 is 11.8 Å². The average Bonchev–Trinajstić information content (AvgIpc) is 1.99. The molecular weight excluding hydrogens is 204 g/mol. The summed E-state index contributed by atoms with van der Waals surface area (Å²) in [6, 6.07) is 4.20. The Balaban J connectivity index is 2.92. The second-order valence-corrected chi connectivity index (χ2v) is 6.67. The van der Waals surface area contributed by atoms with Gasteiger partial charge in [0, 0.05) is 16.5 Å². The lowest BCUT2D eigenvalue weighted by molar-refractivity contribution is 0.782. The van der Waals surface area contributed by atoms with Crippen LogP contribution in [0.5, 0.6) is 0 Å². The fourth-order valence-corrected chi connectivity index (χ4v) is 2.35. The molecule has 2 N–H and O–H groups in total. The Bertz CT molecular complexity index is 340. The maximum absolute atomic E-state index is 5.85. The minimum atomic E-state index is 0.0613. The minimum Gasteiger partial charge on any atom is -0.324 e. The third-order valence-corrected chi connectivity index (χ3v) is 3.05. The zero-order valence-corrected chi connectivity index (χ0v) is 11.0. The first kappa shape index (κ1) is 12.5. The van der Waals surface area contributed by atoms with Crippen LogP contribution in [0.3, 0.4) is 0 Å². The molecule has 1 atom stereocenters. The maximum atomic E-state index is 5.85. The van der Waals surface area contributed by atoms with Gasteiger partial charge in [-0.1, -0.05) is 26.8 Å². The SMILES string of the molecule is Cc1nc(SC(C)(C)C)ccc1[C@@H](C)N. The van der Waals surface area contributed by atoms with E-state index in [2.05, 4.69) is 37.9 Å². The summed E-state index contributed by atoms with van der Waals surface area (Å²) in [5, 5.41) is 1.07. The Morgan fingerprint density at radius 3 is 2.33 bits per heavy atom. The smallest absolute Gasteiger partial charge is 0.0968 e. The highest BCUT2D eigenvalue weighted by atomic mass is 32.2. The summed E-state index contributed by atoms with van der Waals surface area (Å²) in [5.41, 5.74) is 8.02. The van der Waals surface area contributed by atoms with E-state index in [1.165, 1.54) is 0 Å². The minimum absolute atomic E-state index is 0.0613. The summed E-state index contributed by atoms with van der Waals surface area (Å²) < 4.78 is 0.204. The van der Waals surface area contributed by atoms with Gasteiger partial charge in [-0.2, -0.15) is 0 Å². The van der Waals surface area contributed by atoms with Crippen molar-refractivity contribution >= 4 is 11.8 Å². The Morgan fingerprint density at radius 1 is 1.33 bits per heavy atom. The fourth-order valence-electron chi connectivity index (χ4n) is 1.40. The van der Waals surface area contributed by atoms with E-state index in [0.29, 0.717) is 0 Å². The molecule has 0 unspecified atom stereocenters. The van der Waals surface area contributed by atoms with Gasteiger partial charge >= 0.3 is 0 Å². The molecular formula is C12H20N2S. The highest BCUT2D eigenvalue weighted by Gasteiger charge is 2.14. The first-order valence-electron chi connectivity index (χ1n) is 5.22. The number of nitrogens with zero attached hydrogens (tertiary/aromatic N) is 1. The van der Waals surface area contributed by atoms with Gasteiger partial charge in [0.15, 0.2) is 0 Å². The highest BCUT2D eigenvalue weighted by Crippen LogP contribution is 2.31. The number of pyridine rings is 1. The van der Waals surface area contributed by atoms with Crippen LogP contribution in [0.15, 0.2) is 17.2 Å². The third-order valence-electron chi connectivity index (χ3n) is 2.00. The second-order valence-electron chi connectivity index (χ2n) is 4.83. The average molecular weight is 224 g/mol. The standard InChI is InChI=1S/C12H20N2S/c1-8(13)10-6-7-11(14-9(10)2)15-12(3,4)5/h6-8H,13H2,1-5H3/t8-/m1/s1. The third kappa shape index (κ3) is 3.84. The molecule has 0 aromatic carbocycles. The van der Waals surface area contributed by atoms with Crippen LogP contribution in [0.25, 0.3) is 0 Å². The number of hydrogen-bond acceptors (Lipinski definition) is 3. The summed E-state index contributed by atoms with van der Waals surface area (Å²) in [4.78, 5) is 4.56. The van der Waals surface area contributed by atoms with Gasteiger partial charge in [0.25, 0.3) is 0 Å². The Labute approximate surface area is 96.7 Å². The molecule has 0 amide bonds. The van der Waals surface area contributed by atoms with Gasteiger partial charge < -0.3 is 5.73 Å². The molecule has 1 aromatic heterocycles. The predicted molar refractivity (Wildman–Crippen MR) is 67.2 cm³/mol. The molecule has 3 heteroatoms. The van der Waals surface area contributed by atoms with Crippen LogP contribution in [0, 0.1) is 6.92 Å². The van der Waals surface area contributed by atoms with Gasteiger partial charge in [-0.25, -0.2) is 4.98 Å². The van der Waals surface area contributed by atoms with Crippen LogP contribution in [-0.4, -0.2) is 9.73 Å². The van der Waals surface area contributed by atoms with Crippen LogP contribution in [-0.2, 0) is 0 Å². The Hall–Kier alpha value is -0.540. The van der Waals surface area contributed by atoms with E-state index in [1.807, 2.05) is 13.8 Å². The zero-order chi connectivity index (χ0) is 11.6. The van der Waals surface area contributed by atoms with E-state index in [-0.39, 0.29) is 10.8 Å². The molecule has 1 aromatic rings. The summed E-state index contributed by atoms with van der Waals surface area (Å²) in [6.07, 6.45) is 0. The van der Waals surface area contributed by atoms with Crippen molar-refractivity contribution in [2.75, 3.05) is 0 Å². The van der Waals surface area contributed by atoms with E-state index in [1.54, 1.807) is 11.8 Å². The molecule has 0 aliphatic carbocycles. The van der Waals surface area contributed by atoms with Crippen molar-refractivity contribution in [1.29, 1.82) is 0 Å². The largest absolute Gasteiger partial charge is 0.324 e. The van der Waals surface area contributed by atoms with Crippen molar-refractivity contribution in [2.45, 2.75) is 50.4 Å². The maximum Gasteiger partial charge on any atom is 0.0968 e. The number of thioether (sulfide) groups is 1. The summed E-state index contributed by atoms with van der Waals surface area (Å²) in [7, 11) is 0. The lowest BCUT2D eigenvalue weighted by Crippen LogP contribution is -2.10. The number of nitrogens with two attached hydrogens (primary N) is 1. The predicted octanol–water partition coefficient (Wildman–Crippen LogP) is 3.30. The van der Waals surface area contributed by atoms with Gasteiger partial charge in [0.2, 0.25) is 0 Å². The number of rotatable bonds is 2. The topological polar surface area (TPSA) is 38.9 Å². The zero-order valence-electron chi connectivity index (χ0n) is 10.2. The molecule has 0 saturated carbocycles. The quantitative estimate of drug-likeness (QED) is 0.783. The first-order valence-corrected chi connectivity index (χ1v) is 6.03. The van der Waals surface area contributed by atoms with Crippen molar-refractivity contribution < 1.29 is 0 Å². The monoisotopic (exact) mass is 224 g/mol. The molecule has 15 heavy (non-hydrogen) atoms. The summed E-state index contributed by atoms with van der Waals surface area (Å²) in [5.74, 6) is 0. The lowest BCUT2D eigenvalue weighted by Gasteiger charge is -2.18. The molecule has 2 nitrogen and oxygen atoms in total. The molecule has 0 bridgehead atoms. The molecule has 1 rings (SSSR count). The normalized spacial score (nSPS) is 14.0. The molecule has 0 fully saturated rings. The van der Waals surface area contributed by atoms with Gasteiger partial charge in [-0.05, 0) is 25.5 Å². The molecule has 0 spiro atoms. The molecule has 84 valence electrons. The van der Waals surface area contributed by atoms with E-state index in [4.69, 9.17) is 5.73 Å². The van der Waals surface area contributed by atoms with Gasteiger partial charge in [0.05, 0.1) is 5.03 Å². The number of hydrogen-bond donors (Lipinski definition) is 1. The molecule has 0 aliphatic rings. The molecule has 1 heterocycles. The van der Waals surface area contributed by atoms with Crippen molar-refractivity contribution in [3.05, 3.63) is 23.4 Å². The summed E-state index contributed by atoms with van der Waals surface area (Å²) in [6.45, 7) is 10.6. The Morgan fingerprint density at radius 2 is 1.93 bits per heavy atom. The van der Waals surface area contributed by atoms with Crippen molar-refractivity contribution in [2.24, 2.45) is 5.73 Å². The highest BCUT2D eigenvalue weighted by molar-refractivity contribution is 8.00. The van der Waals surface area contributed by atoms with Gasteiger partial charge in [-0.3, -0.25) is 0 Å². The van der Waals surface area contributed by atoms with E-state index in [9.17, 15) is 0 Å². The second kappa shape index (κ2) is 4.54. The summed E-state index contributed by atoms with van der Waals surface area (Å²) >= 11 is 1.78. The number of aromatic nitrogens is 1. The van der Waals surface area contributed by atoms with Gasteiger partial charge in [-0.15, -0.1) is 11.8 Å². The lowest BCUT2D eigenvalue weighted by atomic mass is 10.1. The van der Waals surface area contributed by atoms with Crippen molar-refractivity contribution in [3.63, 3.8) is 0 Å². The van der Waals surface area contributed by atoms with E-state index < -0.39 is 0 Å². The first-order chi connectivity index (χ1) is 6.79. The van der Waals surface area contributed by atoms with Crippen LogP contribution in [0.2, 0.25) is 0 Å². The van der Waals surface area contributed by atoms with Crippen LogP contribution in [0.1, 0.15) is 45.0 Å². The molecule has 0 radical (unpaired) electrons. The van der Waals surface area contributed by atoms with Crippen LogP contribution < -0.4 is 5.73 Å². The van der Waals surface area contributed by atoms with E-state index >= 15 is 0 Å². The molecule has 0 saturated heterocycles. The van der Waals surface area contributed by atoms with E-state index in [0.717, 1.165) is 16.3 Å². The van der Waals surface area contributed by atoms with Crippen molar-refractivity contribution in [1.82, 2.24) is 4.98 Å².